The van der Waals surface area contributed by atoms with E-state index in [0.29, 0.717) is 34.0 Å². The van der Waals surface area contributed by atoms with E-state index in [9.17, 15) is 19.2 Å². The van der Waals surface area contributed by atoms with Crippen molar-refractivity contribution in [1.82, 2.24) is 9.55 Å². The molecule has 0 atom stereocenters. The Bertz CT molecular complexity index is 1990. The standard InChI is InChI=1S/C36H34N2O6/c1-8-36(6,7)38-19-25(23-13-10-12-16-28(23)38)30-32(41)35(44-22(5)40)31(33(42)34(30)43-21(4)39)29-24-14-9-11-15-26(24)37-27(29)18-17-20(2)3/h8-17,19,37H,1,18H2,2-7H3. The first kappa shape index (κ1) is 30.2. The lowest BCUT2D eigenvalue weighted by Crippen LogP contribution is -2.27. The van der Waals surface area contributed by atoms with Crippen LogP contribution in [0.2, 0.25) is 0 Å². The zero-order chi connectivity index (χ0) is 31.9. The Morgan fingerprint density at radius 3 is 2.05 bits per heavy atom. The van der Waals surface area contributed by atoms with Gasteiger partial charge < -0.3 is 19.0 Å². The van der Waals surface area contributed by atoms with Gasteiger partial charge in [0.25, 0.3) is 0 Å². The van der Waals surface area contributed by atoms with Gasteiger partial charge in [-0.1, -0.05) is 54.1 Å². The number of Topliss-reactive ketones (excluding diaryl/α,β-unsaturated/α-hetero) is 2. The van der Waals surface area contributed by atoms with E-state index in [1.165, 1.54) is 13.8 Å². The number of esters is 2. The fraction of sp³-hybridized carbons (Fsp3) is 0.222. The number of ketones is 2. The molecule has 44 heavy (non-hydrogen) atoms. The number of para-hydroxylation sites is 2. The highest BCUT2D eigenvalue weighted by atomic mass is 16.5. The average Bonchev–Trinajstić information content (AvgIpc) is 3.54. The molecule has 0 fully saturated rings. The molecule has 8 heteroatoms. The van der Waals surface area contributed by atoms with Crippen LogP contribution in [0.3, 0.4) is 0 Å². The predicted octanol–water partition coefficient (Wildman–Crippen LogP) is 6.95. The minimum absolute atomic E-state index is 0.144. The van der Waals surface area contributed by atoms with Gasteiger partial charge in [0.05, 0.1) is 16.7 Å². The van der Waals surface area contributed by atoms with E-state index in [1.807, 2.05) is 86.9 Å². The molecule has 0 saturated heterocycles. The van der Waals surface area contributed by atoms with Gasteiger partial charge in [-0.05, 0) is 39.8 Å². The molecule has 0 bridgehead atoms. The first-order chi connectivity index (χ1) is 20.9. The molecule has 8 nitrogen and oxygen atoms in total. The highest BCUT2D eigenvalue weighted by molar-refractivity contribution is 6.48. The van der Waals surface area contributed by atoms with Gasteiger partial charge in [-0.3, -0.25) is 19.2 Å². The Morgan fingerprint density at radius 1 is 0.864 bits per heavy atom. The van der Waals surface area contributed by atoms with E-state index in [-0.39, 0.29) is 11.1 Å². The Balaban J connectivity index is 1.87. The van der Waals surface area contributed by atoms with E-state index in [1.54, 1.807) is 12.3 Å². The number of ether oxygens (including phenoxy) is 2. The quantitative estimate of drug-likeness (QED) is 0.135. The molecule has 0 radical (unpaired) electrons. The summed E-state index contributed by atoms with van der Waals surface area (Å²) >= 11 is 0. The Kier molecular flexibility index (Phi) is 7.86. The third-order valence-corrected chi connectivity index (χ3v) is 7.66. The third kappa shape index (κ3) is 5.24. The molecule has 0 amide bonds. The molecule has 2 aromatic heterocycles. The minimum Gasteiger partial charge on any atom is -0.422 e. The van der Waals surface area contributed by atoms with Crippen LogP contribution in [0.1, 0.15) is 58.4 Å². The summed E-state index contributed by atoms with van der Waals surface area (Å²) in [6.07, 6.45) is 5.90. The van der Waals surface area contributed by atoms with Crippen LogP contribution in [-0.2, 0) is 40.6 Å². The molecule has 5 rings (SSSR count). The maximum atomic E-state index is 14.6. The number of benzene rings is 2. The smallest absolute Gasteiger partial charge is 0.308 e. The number of hydrogen-bond acceptors (Lipinski definition) is 6. The Labute approximate surface area is 255 Å². The van der Waals surface area contributed by atoms with Gasteiger partial charge in [0.1, 0.15) is 0 Å². The molecule has 0 saturated carbocycles. The largest absolute Gasteiger partial charge is 0.422 e. The number of nitrogens with zero attached hydrogens (tertiary/aromatic N) is 1. The number of nitrogens with one attached hydrogen (secondary N) is 1. The van der Waals surface area contributed by atoms with E-state index >= 15 is 0 Å². The van der Waals surface area contributed by atoms with Crippen LogP contribution in [-0.4, -0.2) is 33.1 Å². The number of carbonyl (C=O) groups excluding carboxylic acids is 4. The maximum Gasteiger partial charge on any atom is 0.308 e. The first-order valence-electron chi connectivity index (χ1n) is 14.3. The summed E-state index contributed by atoms with van der Waals surface area (Å²) in [5.41, 5.74) is 3.08. The third-order valence-electron chi connectivity index (χ3n) is 7.66. The summed E-state index contributed by atoms with van der Waals surface area (Å²) in [5.74, 6) is -3.87. The molecule has 2 heterocycles. The number of H-pyrrole nitrogens is 1. The Hall–Kier alpha value is -5.24. The van der Waals surface area contributed by atoms with Crippen LogP contribution < -0.4 is 0 Å². The molecule has 0 unspecified atom stereocenters. The number of fused-ring (bicyclic) bond motifs is 2. The summed E-state index contributed by atoms with van der Waals surface area (Å²) in [6, 6.07) is 14.7. The van der Waals surface area contributed by atoms with Gasteiger partial charge in [0, 0.05) is 65.1 Å². The normalized spacial score (nSPS) is 14.0. The van der Waals surface area contributed by atoms with Crippen molar-refractivity contribution < 1.29 is 28.7 Å². The lowest BCUT2D eigenvalue weighted by Gasteiger charge is -2.24. The van der Waals surface area contributed by atoms with Crippen molar-refractivity contribution in [1.29, 1.82) is 0 Å². The van der Waals surface area contributed by atoms with Crippen molar-refractivity contribution in [3.05, 3.63) is 107 Å². The number of hydrogen-bond donors (Lipinski definition) is 1. The Morgan fingerprint density at radius 2 is 1.43 bits per heavy atom. The van der Waals surface area contributed by atoms with Gasteiger partial charge in [0.15, 0.2) is 11.5 Å². The van der Waals surface area contributed by atoms with Crippen LogP contribution in [0.4, 0.5) is 0 Å². The highest BCUT2D eigenvalue weighted by Gasteiger charge is 2.43. The number of aromatic nitrogens is 2. The molecule has 2 aromatic carbocycles. The first-order valence-corrected chi connectivity index (χ1v) is 14.3. The summed E-state index contributed by atoms with van der Waals surface area (Å²) in [5, 5.41) is 1.30. The monoisotopic (exact) mass is 590 g/mol. The summed E-state index contributed by atoms with van der Waals surface area (Å²) in [6.45, 7) is 14.1. The molecule has 1 N–H and O–H groups in total. The van der Waals surface area contributed by atoms with Gasteiger partial charge in [0.2, 0.25) is 11.6 Å². The van der Waals surface area contributed by atoms with Crippen LogP contribution in [0, 0.1) is 0 Å². The second-order valence-corrected chi connectivity index (χ2v) is 11.6. The summed E-state index contributed by atoms with van der Waals surface area (Å²) < 4.78 is 13.1. The second-order valence-electron chi connectivity index (χ2n) is 11.6. The molecule has 4 aromatic rings. The highest BCUT2D eigenvalue weighted by Crippen LogP contribution is 2.43. The van der Waals surface area contributed by atoms with Crippen molar-refractivity contribution in [3.63, 3.8) is 0 Å². The van der Waals surface area contributed by atoms with Gasteiger partial charge in [-0.25, -0.2) is 0 Å². The number of carbonyl (C=O) groups is 4. The molecule has 1 aliphatic rings. The lowest BCUT2D eigenvalue weighted by molar-refractivity contribution is -0.141. The van der Waals surface area contributed by atoms with E-state index in [2.05, 4.69) is 11.6 Å². The van der Waals surface area contributed by atoms with Gasteiger partial charge in [-0.2, -0.15) is 0 Å². The zero-order valence-corrected chi connectivity index (χ0v) is 25.7. The minimum atomic E-state index is -0.771. The molecule has 1 aliphatic carbocycles. The van der Waals surface area contributed by atoms with Gasteiger partial charge >= 0.3 is 11.9 Å². The fourth-order valence-electron chi connectivity index (χ4n) is 5.51. The number of allylic oxidation sites excluding steroid dienone is 5. The van der Waals surface area contributed by atoms with Crippen molar-refractivity contribution in [2.24, 2.45) is 0 Å². The van der Waals surface area contributed by atoms with Crippen LogP contribution in [0.5, 0.6) is 0 Å². The molecular formula is C36H34N2O6. The number of rotatable bonds is 8. The molecule has 224 valence electrons. The lowest BCUT2D eigenvalue weighted by atomic mass is 9.84. The second kappa shape index (κ2) is 11.4. The van der Waals surface area contributed by atoms with Crippen molar-refractivity contribution in [2.75, 3.05) is 0 Å². The van der Waals surface area contributed by atoms with Gasteiger partial charge in [-0.15, -0.1) is 6.58 Å². The van der Waals surface area contributed by atoms with Crippen LogP contribution in [0.25, 0.3) is 33.0 Å². The predicted molar refractivity (Wildman–Crippen MR) is 170 cm³/mol. The number of aromatic amines is 1. The fourth-order valence-corrected chi connectivity index (χ4v) is 5.51. The van der Waals surface area contributed by atoms with E-state index < -0.39 is 40.6 Å². The molecular weight excluding hydrogens is 556 g/mol. The summed E-state index contributed by atoms with van der Waals surface area (Å²) in [4.78, 5) is 57.5. The molecule has 0 spiro atoms. The van der Waals surface area contributed by atoms with Crippen molar-refractivity contribution in [2.45, 2.75) is 53.5 Å². The molecule has 0 aliphatic heterocycles. The maximum absolute atomic E-state index is 14.6. The SMILES string of the molecule is C=CC(C)(C)n1cc(C2=C(OC(C)=O)C(=O)C(c3c(CC=C(C)C)[nH]c4ccccc34)=C(OC(C)=O)C2=O)c2ccccc21. The van der Waals surface area contributed by atoms with E-state index in [0.717, 1.165) is 16.6 Å². The van der Waals surface area contributed by atoms with E-state index in [4.69, 9.17) is 9.47 Å². The van der Waals surface area contributed by atoms with Crippen LogP contribution in [0.15, 0.2) is 90.6 Å². The summed E-state index contributed by atoms with van der Waals surface area (Å²) in [7, 11) is 0. The van der Waals surface area contributed by atoms with Crippen molar-refractivity contribution >= 4 is 56.5 Å². The topological polar surface area (TPSA) is 107 Å². The average molecular weight is 591 g/mol. The van der Waals surface area contributed by atoms with Crippen LogP contribution >= 0.6 is 0 Å². The zero-order valence-electron chi connectivity index (χ0n) is 25.7. The van der Waals surface area contributed by atoms with Crippen molar-refractivity contribution in [3.8, 4) is 0 Å².